The third kappa shape index (κ3) is 3.26. The van der Waals surface area contributed by atoms with Crippen molar-refractivity contribution in [3.63, 3.8) is 0 Å². The summed E-state index contributed by atoms with van der Waals surface area (Å²) in [5.41, 5.74) is 5.46. The molecule has 1 N–H and O–H groups in total. The Morgan fingerprint density at radius 1 is 1.03 bits per heavy atom. The molecular formula is C25H27ClO3. The summed E-state index contributed by atoms with van der Waals surface area (Å²) in [6.45, 7) is 8.28. The fourth-order valence-electron chi connectivity index (χ4n) is 5.02. The van der Waals surface area contributed by atoms with Crippen molar-refractivity contribution in [2.24, 2.45) is 5.92 Å². The maximum absolute atomic E-state index is 13.0. The van der Waals surface area contributed by atoms with Crippen molar-refractivity contribution in [3.05, 3.63) is 63.4 Å². The molecule has 1 heterocycles. The van der Waals surface area contributed by atoms with E-state index in [1.807, 2.05) is 38.1 Å². The van der Waals surface area contributed by atoms with Gasteiger partial charge in [0.05, 0.1) is 0 Å². The highest BCUT2D eigenvalue weighted by molar-refractivity contribution is 6.30. The first-order valence-corrected chi connectivity index (χ1v) is 10.7. The molecule has 2 aliphatic rings. The standard InChI is InChI=1S/C25H27ClO3/c1-14-9-11-25(12-10-14)23(27)22(24(28)29-25)21-16(3)13-15(2)20(17(21)4)18-5-7-19(26)8-6-18/h5-8,13-14,27H,9-12H2,1-4H3. The Labute approximate surface area is 177 Å². The van der Waals surface area contributed by atoms with Gasteiger partial charge in [0.25, 0.3) is 0 Å². The van der Waals surface area contributed by atoms with Crippen LogP contribution in [0.1, 0.15) is 54.9 Å². The van der Waals surface area contributed by atoms with E-state index in [-0.39, 0.29) is 5.76 Å². The number of esters is 1. The van der Waals surface area contributed by atoms with Gasteiger partial charge in [-0.3, -0.25) is 0 Å². The van der Waals surface area contributed by atoms with Crippen molar-refractivity contribution in [1.82, 2.24) is 0 Å². The van der Waals surface area contributed by atoms with Gasteiger partial charge in [-0.1, -0.05) is 36.7 Å². The summed E-state index contributed by atoms with van der Waals surface area (Å²) >= 11 is 6.07. The molecule has 1 spiro atoms. The van der Waals surface area contributed by atoms with Gasteiger partial charge in [-0.15, -0.1) is 0 Å². The Hall–Kier alpha value is -2.26. The van der Waals surface area contributed by atoms with Gasteiger partial charge in [0.15, 0.2) is 11.4 Å². The van der Waals surface area contributed by atoms with Crippen LogP contribution in [0.25, 0.3) is 16.7 Å². The number of hydrogen-bond acceptors (Lipinski definition) is 3. The Bertz CT molecular complexity index is 1010. The number of ether oxygens (including phenoxy) is 1. The van der Waals surface area contributed by atoms with Crippen molar-refractivity contribution in [3.8, 4) is 11.1 Å². The fraction of sp³-hybridized carbons (Fsp3) is 0.400. The molecule has 1 fully saturated rings. The lowest BCUT2D eigenvalue weighted by Crippen LogP contribution is -2.36. The molecule has 0 radical (unpaired) electrons. The van der Waals surface area contributed by atoms with Crippen LogP contribution in [0.3, 0.4) is 0 Å². The lowest BCUT2D eigenvalue weighted by atomic mass is 9.77. The predicted octanol–water partition coefficient (Wildman–Crippen LogP) is 6.71. The monoisotopic (exact) mass is 410 g/mol. The third-order valence-electron chi connectivity index (χ3n) is 6.60. The molecule has 4 rings (SSSR count). The van der Waals surface area contributed by atoms with E-state index < -0.39 is 11.6 Å². The number of aliphatic hydroxyl groups is 1. The predicted molar refractivity (Wildman–Crippen MR) is 117 cm³/mol. The van der Waals surface area contributed by atoms with Crippen molar-refractivity contribution >= 4 is 23.1 Å². The van der Waals surface area contributed by atoms with Crippen LogP contribution in [-0.4, -0.2) is 16.7 Å². The van der Waals surface area contributed by atoms with E-state index in [9.17, 15) is 9.90 Å². The van der Waals surface area contributed by atoms with Gasteiger partial charge in [-0.25, -0.2) is 4.79 Å². The normalized spacial score (nSPS) is 24.3. The average Bonchev–Trinajstić information content (AvgIpc) is 2.90. The summed E-state index contributed by atoms with van der Waals surface area (Å²) in [5.74, 6) is 0.302. The number of carbonyl (C=O) groups excluding carboxylic acids is 1. The van der Waals surface area contributed by atoms with E-state index in [1.54, 1.807) is 0 Å². The molecule has 4 heteroatoms. The van der Waals surface area contributed by atoms with Gasteiger partial charge in [0.1, 0.15) is 5.57 Å². The summed E-state index contributed by atoms with van der Waals surface area (Å²) in [6.07, 6.45) is 3.27. The smallest absolute Gasteiger partial charge is 0.343 e. The summed E-state index contributed by atoms with van der Waals surface area (Å²) in [4.78, 5) is 13.0. The molecule has 1 saturated carbocycles. The minimum atomic E-state index is -0.844. The molecule has 1 aliphatic heterocycles. The second kappa shape index (κ2) is 7.21. The van der Waals surface area contributed by atoms with Crippen molar-refractivity contribution < 1.29 is 14.6 Å². The minimum absolute atomic E-state index is 0.117. The molecule has 0 unspecified atom stereocenters. The van der Waals surface area contributed by atoms with Crippen LogP contribution in [-0.2, 0) is 9.53 Å². The zero-order valence-electron chi connectivity index (χ0n) is 17.4. The summed E-state index contributed by atoms with van der Waals surface area (Å²) in [7, 11) is 0. The number of aryl methyl sites for hydroxylation is 2. The van der Waals surface area contributed by atoms with Crippen LogP contribution in [0.2, 0.25) is 5.02 Å². The maximum Gasteiger partial charge on any atom is 0.343 e. The van der Waals surface area contributed by atoms with E-state index in [0.717, 1.165) is 46.2 Å². The zero-order valence-corrected chi connectivity index (χ0v) is 18.2. The van der Waals surface area contributed by atoms with E-state index >= 15 is 0 Å². The molecule has 0 amide bonds. The molecule has 0 bridgehead atoms. The molecule has 0 saturated heterocycles. The molecule has 152 valence electrons. The first kappa shape index (κ1) is 20.0. The average molecular weight is 411 g/mol. The van der Waals surface area contributed by atoms with Gasteiger partial charge in [-0.2, -0.15) is 0 Å². The molecule has 0 aromatic heterocycles. The highest BCUT2D eigenvalue weighted by Gasteiger charge is 2.50. The number of carbonyl (C=O) groups is 1. The highest BCUT2D eigenvalue weighted by atomic mass is 35.5. The van der Waals surface area contributed by atoms with Crippen LogP contribution in [0.5, 0.6) is 0 Å². The lowest BCUT2D eigenvalue weighted by Gasteiger charge is -2.34. The van der Waals surface area contributed by atoms with Gasteiger partial charge < -0.3 is 9.84 Å². The number of hydrogen-bond donors (Lipinski definition) is 1. The third-order valence-corrected chi connectivity index (χ3v) is 6.85. The van der Waals surface area contributed by atoms with E-state index in [2.05, 4.69) is 19.9 Å². The lowest BCUT2D eigenvalue weighted by molar-refractivity contribution is -0.150. The molecular weight excluding hydrogens is 384 g/mol. The number of benzene rings is 2. The second-order valence-electron chi connectivity index (χ2n) is 8.68. The Morgan fingerprint density at radius 3 is 2.24 bits per heavy atom. The van der Waals surface area contributed by atoms with Gasteiger partial charge >= 0.3 is 5.97 Å². The number of rotatable bonds is 2. The van der Waals surface area contributed by atoms with Crippen LogP contribution in [0.15, 0.2) is 36.1 Å². The van der Waals surface area contributed by atoms with E-state index in [4.69, 9.17) is 16.3 Å². The largest absolute Gasteiger partial charge is 0.507 e. The number of aliphatic hydroxyl groups excluding tert-OH is 1. The fourth-order valence-corrected chi connectivity index (χ4v) is 5.15. The summed E-state index contributed by atoms with van der Waals surface area (Å²) in [6, 6.07) is 9.79. The van der Waals surface area contributed by atoms with E-state index in [1.165, 1.54) is 0 Å². The second-order valence-corrected chi connectivity index (χ2v) is 9.12. The summed E-state index contributed by atoms with van der Waals surface area (Å²) < 4.78 is 5.84. The van der Waals surface area contributed by atoms with Crippen LogP contribution in [0, 0.1) is 26.7 Å². The minimum Gasteiger partial charge on any atom is -0.507 e. The number of halogens is 1. The molecule has 2 aromatic carbocycles. The Balaban J connectivity index is 1.89. The Morgan fingerprint density at radius 2 is 1.62 bits per heavy atom. The Kier molecular flexibility index (Phi) is 4.98. The van der Waals surface area contributed by atoms with Crippen LogP contribution in [0.4, 0.5) is 0 Å². The SMILES string of the molecule is Cc1cc(C)c(-c2ccc(Cl)cc2)c(C)c1C1=C(O)C2(CCC(C)CC2)OC1=O. The molecule has 2 aromatic rings. The quantitative estimate of drug-likeness (QED) is 0.560. The van der Waals surface area contributed by atoms with Crippen molar-refractivity contribution in [1.29, 1.82) is 0 Å². The first-order chi connectivity index (χ1) is 13.7. The topological polar surface area (TPSA) is 46.5 Å². The summed E-state index contributed by atoms with van der Waals surface area (Å²) in [5, 5.41) is 11.9. The maximum atomic E-state index is 13.0. The van der Waals surface area contributed by atoms with Gasteiger partial charge in [0.2, 0.25) is 0 Å². The van der Waals surface area contributed by atoms with Gasteiger partial charge in [0, 0.05) is 5.02 Å². The van der Waals surface area contributed by atoms with Gasteiger partial charge in [-0.05, 0) is 97.9 Å². The molecule has 29 heavy (non-hydrogen) atoms. The molecule has 1 aliphatic carbocycles. The van der Waals surface area contributed by atoms with Crippen LogP contribution >= 0.6 is 11.6 Å². The molecule has 0 atom stereocenters. The van der Waals surface area contributed by atoms with Crippen LogP contribution < -0.4 is 0 Å². The zero-order chi connectivity index (χ0) is 20.9. The highest BCUT2D eigenvalue weighted by Crippen LogP contribution is 2.48. The van der Waals surface area contributed by atoms with E-state index in [0.29, 0.717) is 29.4 Å². The van der Waals surface area contributed by atoms with Crippen molar-refractivity contribution in [2.45, 2.75) is 59.0 Å². The van der Waals surface area contributed by atoms with Crippen molar-refractivity contribution in [2.75, 3.05) is 0 Å². The molecule has 3 nitrogen and oxygen atoms in total. The first-order valence-electron chi connectivity index (χ1n) is 10.3.